The Morgan fingerprint density at radius 2 is 1.94 bits per heavy atom. The van der Waals surface area contributed by atoms with Crippen molar-refractivity contribution in [3.05, 3.63) is 29.5 Å². The van der Waals surface area contributed by atoms with Gasteiger partial charge < -0.3 is 24.8 Å². The van der Waals surface area contributed by atoms with E-state index in [-0.39, 0.29) is 18.3 Å². The maximum Gasteiger partial charge on any atom is 0.410 e. The number of pyridine rings is 1. The average Bonchev–Trinajstić information content (AvgIpc) is 2.68. The minimum Gasteiger partial charge on any atom is -0.490 e. The molecule has 2 heterocycles. The summed E-state index contributed by atoms with van der Waals surface area (Å²) in [6.45, 7) is 12.3. The molecule has 2 N–H and O–H groups in total. The van der Waals surface area contributed by atoms with Gasteiger partial charge in [-0.3, -0.25) is 4.79 Å². The molecule has 0 bridgehead atoms. The lowest BCUT2D eigenvalue weighted by Crippen LogP contribution is -2.46. The fourth-order valence-corrected chi connectivity index (χ4v) is 3.70. The third-order valence-corrected chi connectivity index (χ3v) is 5.09. The molecule has 8 nitrogen and oxygen atoms in total. The van der Waals surface area contributed by atoms with Crippen LogP contribution in [0.2, 0.25) is 0 Å². The van der Waals surface area contributed by atoms with E-state index in [0.29, 0.717) is 30.3 Å². The van der Waals surface area contributed by atoms with Crippen molar-refractivity contribution in [2.75, 3.05) is 13.1 Å². The molecule has 0 unspecified atom stereocenters. The minimum absolute atomic E-state index is 0.131. The highest BCUT2D eigenvalue weighted by Crippen LogP contribution is 2.34. The summed E-state index contributed by atoms with van der Waals surface area (Å²) in [5.41, 5.74) is 6.25. The van der Waals surface area contributed by atoms with Gasteiger partial charge in [0.25, 0.3) is 5.91 Å². The first-order valence-electron chi connectivity index (χ1n) is 11.0. The fourth-order valence-electron chi connectivity index (χ4n) is 3.70. The summed E-state index contributed by atoms with van der Waals surface area (Å²) >= 11 is 0. The number of carbonyl (C=O) groups excluding carboxylic acids is 2. The van der Waals surface area contributed by atoms with Crippen molar-refractivity contribution in [1.29, 1.82) is 0 Å². The molecule has 1 aliphatic rings. The van der Waals surface area contributed by atoms with Gasteiger partial charge in [-0.1, -0.05) is 0 Å². The van der Waals surface area contributed by atoms with Crippen molar-refractivity contribution in [3.8, 4) is 11.6 Å². The molecule has 0 spiro atoms. The van der Waals surface area contributed by atoms with Gasteiger partial charge >= 0.3 is 6.09 Å². The Morgan fingerprint density at radius 1 is 1.22 bits per heavy atom. The van der Waals surface area contributed by atoms with E-state index in [4.69, 9.17) is 19.9 Å². The summed E-state index contributed by atoms with van der Waals surface area (Å²) < 4.78 is 17.6. The van der Waals surface area contributed by atoms with Crippen LogP contribution >= 0.6 is 0 Å². The molecule has 1 saturated heterocycles. The molecule has 1 aliphatic heterocycles. The zero-order valence-corrected chi connectivity index (χ0v) is 19.7. The lowest BCUT2D eigenvalue weighted by molar-refractivity contribution is 0.00742. The van der Waals surface area contributed by atoms with Gasteiger partial charge in [-0.2, -0.15) is 0 Å². The number of rotatable bonds is 5. The Hall–Kier alpha value is -3.03. The number of ether oxygens (including phenoxy) is 3. The standard InChI is InChI=1S/C24H33N3O5/c1-14(2)30-20-11-18-17(10-19(20)21(25)28)15(3)12-26-22(18)31-16-8-7-9-27(13-16)23(29)32-24(4,5)6/h10-12,14,16H,7-9,13H2,1-6H3,(H2,25,28)/t16-/m1/s1. The first-order chi connectivity index (χ1) is 14.9. The third-order valence-electron chi connectivity index (χ3n) is 5.09. The van der Waals surface area contributed by atoms with Crippen molar-refractivity contribution >= 4 is 22.8 Å². The van der Waals surface area contributed by atoms with Crippen LogP contribution in [0.15, 0.2) is 18.3 Å². The van der Waals surface area contributed by atoms with E-state index in [1.54, 1.807) is 23.2 Å². The van der Waals surface area contributed by atoms with Crippen molar-refractivity contribution in [3.63, 3.8) is 0 Å². The minimum atomic E-state index is -0.554. The summed E-state index contributed by atoms with van der Waals surface area (Å²) in [4.78, 5) is 30.7. The summed E-state index contributed by atoms with van der Waals surface area (Å²) in [6, 6.07) is 3.49. The van der Waals surface area contributed by atoms with Crippen LogP contribution in [0.3, 0.4) is 0 Å². The number of primary amides is 1. The van der Waals surface area contributed by atoms with E-state index in [0.717, 1.165) is 29.2 Å². The van der Waals surface area contributed by atoms with Gasteiger partial charge in [0, 0.05) is 18.1 Å². The third kappa shape index (κ3) is 5.60. The van der Waals surface area contributed by atoms with Gasteiger partial charge in [0.15, 0.2) is 0 Å². The predicted octanol–water partition coefficient (Wildman–Crippen LogP) is 4.21. The zero-order valence-electron chi connectivity index (χ0n) is 19.7. The van der Waals surface area contributed by atoms with Gasteiger partial charge in [0.1, 0.15) is 17.5 Å². The number of fused-ring (bicyclic) bond motifs is 1. The molecule has 8 heteroatoms. The van der Waals surface area contributed by atoms with Crippen molar-refractivity contribution in [1.82, 2.24) is 9.88 Å². The Kier molecular flexibility index (Phi) is 6.81. The highest BCUT2D eigenvalue weighted by Gasteiger charge is 2.29. The summed E-state index contributed by atoms with van der Waals surface area (Å²) in [6.07, 6.45) is 2.62. The first kappa shape index (κ1) is 23.6. The van der Waals surface area contributed by atoms with E-state index in [1.807, 2.05) is 41.5 Å². The maximum atomic E-state index is 12.5. The van der Waals surface area contributed by atoms with E-state index < -0.39 is 11.5 Å². The van der Waals surface area contributed by atoms with Crippen molar-refractivity contribution in [2.24, 2.45) is 5.73 Å². The molecule has 0 radical (unpaired) electrons. The predicted molar refractivity (Wildman–Crippen MR) is 122 cm³/mol. The largest absolute Gasteiger partial charge is 0.490 e. The molecule has 2 amide bonds. The lowest BCUT2D eigenvalue weighted by atomic mass is 10.0. The number of aromatic nitrogens is 1. The molecule has 1 atom stereocenters. The highest BCUT2D eigenvalue weighted by atomic mass is 16.6. The van der Waals surface area contributed by atoms with Gasteiger partial charge in [0.2, 0.25) is 5.88 Å². The number of piperidine rings is 1. The molecule has 0 saturated carbocycles. The number of aryl methyl sites for hydroxylation is 1. The Labute approximate surface area is 189 Å². The summed E-state index contributed by atoms with van der Waals surface area (Å²) in [5.74, 6) is 0.282. The Balaban J connectivity index is 1.90. The second-order valence-electron chi connectivity index (χ2n) is 9.48. The molecule has 1 fully saturated rings. The fraction of sp³-hybridized carbons (Fsp3) is 0.542. The molecule has 1 aromatic heterocycles. The molecule has 1 aromatic carbocycles. The Bertz CT molecular complexity index is 1010. The lowest BCUT2D eigenvalue weighted by Gasteiger charge is -2.34. The number of likely N-dealkylation sites (tertiary alicyclic amines) is 1. The second kappa shape index (κ2) is 9.22. The maximum absolute atomic E-state index is 12.5. The van der Waals surface area contributed by atoms with Crippen LogP contribution in [-0.4, -0.2) is 52.8 Å². The van der Waals surface area contributed by atoms with Crippen LogP contribution in [0.1, 0.15) is 63.4 Å². The van der Waals surface area contributed by atoms with Crippen LogP contribution < -0.4 is 15.2 Å². The zero-order chi connectivity index (χ0) is 23.6. The van der Waals surface area contributed by atoms with Crippen LogP contribution in [0.4, 0.5) is 4.79 Å². The van der Waals surface area contributed by atoms with Crippen LogP contribution in [-0.2, 0) is 4.74 Å². The smallest absolute Gasteiger partial charge is 0.410 e. The molecular weight excluding hydrogens is 410 g/mol. The number of benzene rings is 1. The van der Waals surface area contributed by atoms with Gasteiger partial charge in [-0.05, 0) is 77.5 Å². The van der Waals surface area contributed by atoms with Crippen LogP contribution in [0.5, 0.6) is 11.6 Å². The van der Waals surface area contributed by atoms with E-state index in [1.165, 1.54) is 0 Å². The van der Waals surface area contributed by atoms with E-state index in [2.05, 4.69) is 4.98 Å². The van der Waals surface area contributed by atoms with Gasteiger partial charge in [-0.15, -0.1) is 0 Å². The van der Waals surface area contributed by atoms with Crippen molar-refractivity contribution < 1.29 is 23.8 Å². The first-order valence-corrected chi connectivity index (χ1v) is 11.0. The molecule has 2 aromatic rings. The van der Waals surface area contributed by atoms with Gasteiger partial charge in [0.05, 0.1) is 18.2 Å². The molecule has 0 aliphatic carbocycles. The average molecular weight is 444 g/mol. The van der Waals surface area contributed by atoms with Crippen LogP contribution in [0.25, 0.3) is 10.8 Å². The number of amides is 2. The molecule has 174 valence electrons. The SMILES string of the molecule is Cc1cnc(O[C@@H]2CCCN(C(=O)OC(C)(C)C)C2)c2cc(OC(C)C)c(C(N)=O)cc12. The monoisotopic (exact) mass is 443 g/mol. The number of nitrogens with zero attached hydrogens (tertiary/aromatic N) is 2. The molecule has 32 heavy (non-hydrogen) atoms. The highest BCUT2D eigenvalue weighted by molar-refractivity contribution is 6.02. The molecule has 3 rings (SSSR count). The number of hydrogen-bond acceptors (Lipinski definition) is 6. The quantitative estimate of drug-likeness (QED) is 0.742. The summed E-state index contributed by atoms with van der Waals surface area (Å²) in [5, 5.41) is 1.56. The normalized spacial score (nSPS) is 16.8. The molecular formula is C24H33N3O5. The van der Waals surface area contributed by atoms with Gasteiger partial charge in [-0.25, -0.2) is 9.78 Å². The second-order valence-corrected chi connectivity index (χ2v) is 9.48. The number of hydrogen-bond donors (Lipinski definition) is 1. The number of carbonyl (C=O) groups is 2. The topological polar surface area (TPSA) is 104 Å². The van der Waals surface area contributed by atoms with Crippen molar-refractivity contribution in [2.45, 2.75) is 72.2 Å². The summed E-state index contributed by atoms with van der Waals surface area (Å²) in [7, 11) is 0. The number of nitrogens with two attached hydrogens (primary N) is 1. The van der Waals surface area contributed by atoms with E-state index >= 15 is 0 Å². The Morgan fingerprint density at radius 3 is 2.56 bits per heavy atom. The van der Waals surface area contributed by atoms with E-state index in [9.17, 15) is 9.59 Å². The van der Waals surface area contributed by atoms with Crippen LogP contribution in [0, 0.1) is 6.92 Å².